The van der Waals surface area contributed by atoms with Gasteiger partial charge in [0.25, 0.3) is 0 Å². The molecule has 1 aromatic heterocycles. The molecule has 0 aliphatic heterocycles. The Morgan fingerprint density at radius 3 is 2.85 bits per heavy atom. The van der Waals surface area contributed by atoms with Crippen molar-refractivity contribution in [2.24, 2.45) is 0 Å². The average Bonchev–Trinajstić information content (AvgIpc) is 2.09. The molecule has 3 heteroatoms. The summed E-state index contributed by atoms with van der Waals surface area (Å²) in [4.78, 5) is 3.89. The van der Waals surface area contributed by atoms with Gasteiger partial charge in [0, 0.05) is 18.8 Å². The molecule has 0 aromatic carbocycles. The van der Waals surface area contributed by atoms with E-state index in [9.17, 15) is 5.11 Å². The molecule has 1 heterocycles. The molecule has 1 N–H and O–H groups in total. The molecule has 2 nitrogen and oxygen atoms in total. The van der Waals surface area contributed by atoms with Crippen molar-refractivity contribution in [2.75, 3.05) is 0 Å². The zero-order valence-electron chi connectivity index (χ0n) is 7.92. The van der Waals surface area contributed by atoms with Gasteiger partial charge < -0.3 is 5.11 Å². The number of aliphatic hydroxyl groups is 1. The largest absolute Gasteiger partial charge is 0.390 e. The molecule has 0 saturated heterocycles. The maximum Gasteiger partial charge on any atom is 0.0657 e. The van der Waals surface area contributed by atoms with Gasteiger partial charge in [-0.1, -0.05) is 18.5 Å². The van der Waals surface area contributed by atoms with E-state index in [1.807, 2.05) is 19.9 Å². The third kappa shape index (κ3) is 2.98. The summed E-state index contributed by atoms with van der Waals surface area (Å²) in [6, 6.07) is 1.84. The number of rotatable bonds is 3. The lowest BCUT2D eigenvalue weighted by atomic mass is 9.95. The second-order valence-electron chi connectivity index (χ2n) is 3.49. The van der Waals surface area contributed by atoms with Gasteiger partial charge in [-0.15, -0.1) is 0 Å². The number of hydrogen-bond acceptors (Lipinski definition) is 2. The molecule has 0 bridgehead atoms. The molecule has 13 heavy (non-hydrogen) atoms. The van der Waals surface area contributed by atoms with Gasteiger partial charge in [0.2, 0.25) is 0 Å². The van der Waals surface area contributed by atoms with Gasteiger partial charge in [-0.2, -0.15) is 0 Å². The van der Waals surface area contributed by atoms with Crippen LogP contribution in [0.5, 0.6) is 0 Å². The quantitative estimate of drug-likeness (QED) is 0.811. The van der Waals surface area contributed by atoms with E-state index in [2.05, 4.69) is 4.98 Å². The van der Waals surface area contributed by atoms with Crippen LogP contribution in [-0.2, 0) is 6.42 Å². The minimum absolute atomic E-state index is 0.574. The van der Waals surface area contributed by atoms with Gasteiger partial charge in [0.15, 0.2) is 0 Å². The first-order valence-corrected chi connectivity index (χ1v) is 4.74. The Morgan fingerprint density at radius 2 is 2.31 bits per heavy atom. The van der Waals surface area contributed by atoms with Crippen molar-refractivity contribution in [1.82, 2.24) is 4.98 Å². The number of halogens is 1. The third-order valence-electron chi connectivity index (χ3n) is 2.19. The van der Waals surface area contributed by atoms with Gasteiger partial charge >= 0.3 is 0 Å². The molecule has 0 aliphatic rings. The highest BCUT2D eigenvalue weighted by atomic mass is 35.5. The van der Waals surface area contributed by atoms with E-state index < -0.39 is 5.60 Å². The SMILES string of the molecule is CCC(C)(O)Cc1ccncc1Cl. The van der Waals surface area contributed by atoms with E-state index >= 15 is 0 Å². The van der Waals surface area contributed by atoms with Crippen molar-refractivity contribution in [3.8, 4) is 0 Å². The van der Waals surface area contributed by atoms with Gasteiger partial charge in [-0.3, -0.25) is 4.98 Å². The lowest BCUT2D eigenvalue weighted by Gasteiger charge is -2.21. The summed E-state index contributed by atoms with van der Waals surface area (Å²) in [5.74, 6) is 0. The van der Waals surface area contributed by atoms with Crippen molar-refractivity contribution >= 4 is 11.6 Å². The van der Waals surface area contributed by atoms with Crippen LogP contribution in [0.25, 0.3) is 0 Å². The Morgan fingerprint density at radius 1 is 1.62 bits per heavy atom. The van der Waals surface area contributed by atoms with Crippen LogP contribution in [0.3, 0.4) is 0 Å². The summed E-state index contributed by atoms with van der Waals surface area (Å²) in [5, 5.41) is 10.4. The van der Waals surface area contributed by atoms with E-state index in [1.54, 1.807) is 12.4 Å². The zero-order valence-corrected chi connectivity index (χ0v) is 8.67. The van der Waals surface area contributed by atoms with E-state index in [4.69, 9.17) is 11.6 Å². The van der Waals surface area contributed by atoms with Crippen LogP contribution < -0.4 is 0 Å². The van der Waals surface area contributed by atoms with E-state index in [0.29, 0.717) is 17.9 Å². The van der Waals surface area contributed by atoms with Gasteiger partial charge in [0.05, 0.1) is 10.6 Å². The molecule has 0 aliphatic carbocycles. The van der Waals surface area contributed by atoms with Crippen molar-refractivity contribution in [1.29, 1.82) is 0 Å². The summed E-state index contributed by atoms with van der Waals surface area (Å²) in [6.07, 6.45) is 4.58. The van der Waals surface area contributed by atoms with E-state index in [0.717, 1.165) is 5.56 Å². The number of nitrogens with zero attached hydrogens (tertiary/aromatic N) is 1. The molecule has 1 aromatic rings. The van der Waals surface area contributed by atoms with Crippen LogP contribution in [0.2, 0.25) is 5.02 Å². The lowest BCUT2D eigenvalue weighted by Crippen LogP contribution is -2.25. The number of hydrogen-bond donors (Lipinski definition) is 1. The Balaban J connectivity index is 2.80. The first-order valence-electron chi connectivity index (χ1n) is 4.36. The van der Waals surface area contributed by atoms with Crippen LogP contribution in [0.4, 0.5) is 0 Å². The fourth-order valence-electron chi connectivity index (χ4n) is 1.08. The normalized spacial score (nSPS) is 15.4. The van der Waals surface area contributed by atoms with Gasteiger partial charge in [0.1, 0.15) is 0 Å². The average molecular weight is 200 g/mol. The number of aromatic nitrogens is 1. The molecule has 72 valence electrons. The van der Waals surface area contributed by atoms with Crippen LogP contribution in [0, 0.1) is 0 Å². The van der Waals surface area contributed by atoms with Crippen LogP contribution in [0.1, 0.15) is 25.8 Å². The first kappa shape index (κ1) is 10.5. The Labute approximate surface area is 83.6 Å². The number of pyridine rings is 1. The fourth-order valence-corrected chi connectivity index (χ4v) is 1.27. The summed E-state index contributed by atoms with van der Waals surface area (Å²) in [6.45, 7) is 3.76. The fraction of sp³-hybridized carbons (Fsp3) is 0.500. The van der Waals surface area contributed by atoms with E-state index in [1.165, 1.54) is 0 Å². The van der Waals surface area contributed by atoms with Crippen molar-refractivity contribution in [2.45, 2.75) is 32.3 Å². The van der Waals surface area contributed by atoms with Crippen LogP contribution in [-0.4, -0.2) is 15.7 Å². The smallest absolute Gasteiger partial charge is 0.0657 e. The Kier molecular flexibility index (Phi) is 3.28. The second-order valence-corrected chi connectivity index (χ2v) is 3.90. The third-order valence-corrected chi connectivity index (χ3v) is 2.53. The molecule has 1 unspecified atom stereocenters. The minimum Gasteiger partial charge on any atom is -0.390 e. The highest BCUT2D eigenvalue weighted by Crippen LogP contribution is 2.21. The molecule has 0 fully saturated rings. The molecule has 0 radical (unpaired) electrons. The molecule has 1 atom stereocenters. The lowest BCUT2D eigenvalue weighted by molar-refractivity contribution is 0.0564. The van der Waals surface area contributed by atoms with Gasteiger partial charge in [-0.25, -0.2) is 0 Å². The first-order chi connectivity index (χ1) is 6.05. The zero-order chi connectivity index (χ0) is 9.90. The van der Waals surface area contributed by atoms with Gasteiger partial charge in [-0.05, 0) is 25.0 Å². The minimum atomic E-state index is -0.676. The van der Waals surface area contributed by atoms with E-state index in [-0.39, 0.29) is 0 Å². The predicted octanol–water partition coefficient (Wildman–Crippen LogP) is 2.44. The molecule has 0 saturated carbocycles. The summed E-state index contributed by atoms with van der Waals surface area (Å²) < 4.78 is 0. The molecule has 1 rings (SSSR count). The van der Waals surface area contributed by atoms with Crippen molar-refractivity contribution in [3.63, 3.8) is 0 Å². The maximum absolute atomic E-state index is 9.82. The maximum atomic E-state index is 9.82. The van der Waals surface area contributed by atoms with Crippen molar-refractivity contribution < 1.29 is 5.11 Å². The summed E-state index contributed by atoms with van der Waals surface area (Å²) in [7, 11) is 0. The summed E-state index contributed by atoms with van der Waals surface area (Å²) >= 11 is 5.91. The summed E-state index contributed by atoms with van der Waals surface area (Å²) in [5.41, 5.74) is 0.272. The molecule has 0 spiro atoms. The Bertz CT molecular complexity index is 286. The molecular formula is C10H14ClNO. The highest BCUT2D eigenvalue weighted by Gasteiger charge is 2.19. The predicted molar refractivity (Wildman–Crippen MR) is 53.9 cm³/mol. The standard InChI is InChI=1S/C10H14ClNO/c1-3-10(2,13)6-8-4-5-12-7-9(8)11/h4-5,7,13H,3,6H2,1-2H3. The topological polar surface area (TPSA) is 33.1 Å². The monoisotopic (exact) mass is 199 g/mol. The van der Waals surface area contributed by atoms with Crippen molar-refractivity contribution in [3.05, 3.63) is 29.0 Å². The van der Waals surface area contributed by atoms with Crippen LogP contribution in [0.15, 0.2) is 18.5 Å². The van der Waals surface area contributed by atoms with Crippen LogP contribution >= 0.6 is 11.6 Å². The second kappa shape index (κ2) is 4.07. The molecule has 0 amide bonds. The highest BCUT2D eigenvalue weighted by molar-refractivity contribution is 6.31. The Hall–Kier alpha value is -0.600. The molecular weight excluding hydrogens is 186 g/mol.